The van der Waals surface area contributed by atoms with Crippen LogP contribution in [0.1, 0.15) is 5.56 Å². The molecule has 0 fully saturated rings. The van der Waals surface area contributed by atoms with Crippen molar-refractivity contribution in [3.8, 4) is 0 Å². The van der Waals surface area contributed by atoms with E-state index in [1.807, 2.05) is 12.1 Å². The lowest BCUT2D eigenvalue weighted by atomic mass is 10.1. The largest absolute Gasteiger partial charge is 0.478 e. The van der Waals surface area contributed by atoms with Crippen molar-refractivity contribution in [2.75, 3.05) is 12.4 Å². The van der Waals surface area contributed by atoms with Gasteiger partial charge in [0, 0.05) is 12.7 Å². The zero-order chi connectivity index (χ0) is 9.84. The summed E-state index contributed by atoms with van der Waals surface area (Å²) in [6.07, 6.45) is 0. The fourth-order valence-electron chi connectivity index (χ4n) is 0.962. The number of aliphatic carboxylic acids is 1. The van der Waals surface area contributed by atoms with Crippen LogP contribution in [0.4, 0.5) is 5.69 Å². The minimum absolute atomic E-state index is 0.114. The van der Waals surface area contributed by atoms with Gasteiger partial charge < -0.3 is 10.4 Å². The van der Waals surface area contributed by atoms with Gasteiger partial charge in [-0.1, -0.05) is 18.7 Å². The highest BCUT2D eigenvalue weighted by Gasteiger charge is 2.05. The van der Waals surface area contributed by atoms with E-state index in [4.69, 9.17) is 5.11 Å². The molecule has 0 spiro atoms. The molecule has 0 heterocycles. The monoisotopic (exact) mass is 177 g/mol. The van der Waals surface area contributed by atoms with E-state index < -0.39 is 5.97 Å². The Morgan fingerprint density at radius 1 is 1.38 bits per heavy atom. The van der Waals surface area contributed by atoms with Gasteiger partial charge in [0.05, 0.1) is 5.57 Å². The van der Waals surface area contributed by atoms with Gasteiger partial charge in [-0.3, -0.25) is 0 Å². The SMILES string of the molecule is C=C(C(=O)O)c1ccc(NC)cc1. The molecule has 1 aromatic carbocycles. The number of benzene rings is 1. The normalized spacial score (nSPS) is 9.31. The van der Waals surface area contributed by atoms with Crippen molar-refractivity contribution >= 4 is 17.2 Å². The Bertz CT molecular complexity index is 327. The Morgan fingerprint density at radius 2 is 1.92 bits per heavy atom. The molecule has 0 amide bonds. The van der Waals surface area contributed by atoms with Crippen LogP contribution < -0.4 is 5.32 Å². The molecule has 3 nitrogen and oxygen atoms in total. The van der Waals surface area contributed by atoms with E-state index in [0.29, 0.717) is 5.56 Å². The second-order valence-electron chi connectivity index (χ2n) is 2.61. The first-order valence-electron chi connectivity index (χ1n) is 3.85. The minimum atomic E-state index is -0.989. The van der Waals surface area contributed by atoms with Gasteiger partial charge in [-0.05, 0) is 17.7 Å². The maximum absolute atomic E-state index is 10.5. The number of hydrogen-bond donors (Lipinski definition) is 2. The molecule has 0 aromatic heterocycles. The molecule has 0 aliphatic heterocycles. The maximum Gasteiger partial charge on any atom is 0.335 e. The molecule has 0 unspecified atom stereocenters. The number of rotatable bonds is 3. The van der Waals surface area contributed by atoms with Gasteiger partial charge in [0.15, 0.2) is 0 Å². The molecular formula is C10H11NO2. The van der Waals surface area contributed by atoms with Gasteiger partial charge in [0.1, 0.15) is 0 Å². The molecule has 0 saturated heterocycles. The maximum atomic E-state index is 10.5. The lowest BCUT2D eigenvalue weighted by Crippen LogP contribution is -1.98. The molecule has 0 saturated carbocycles. The van der Waals surface area contributed by atoms with Crippen molar-refractivity contribution in [3.05, 3.63) is 36.4 Å². The summed E-state index contributed by atoms with van der Waals surface area (Å²) in [4.78, 5) is 10.5. The lowest BCUT2D eigenvalue weighted by molar-refractivity contribution is -0.130. The summed E-state index contributed by atoms with van der Waals surface area (Å²) in [5.41, 5.74) is 1.69. The molecule has 1 rings (SSSR count). The van der Waals surface area contributed by atoms with Crippen LogP contribution in [0, 0.1) is 0 Å². The van der Waals surface area contributed by atoms with Crippen molar-refractivity contribution in [2.24, 2.45) is 0 Å². The van der Waals surface area contributed by atoms with Crippen LogP contribution in [-0.2, 0) is 4.79 Å². The highest BCUT2D eigenvalue weighted by atomic mass is 16.4. The van der Waals surface area contributed by atoms with Crippen molar-refractivity contribution < 1.29 is 9.90 Å². The van der Waals surface area contributed by atoms with E-state index in [1.54, 1.807) is 19.2 Å². The summed E-state index contributed by atoms with van der Waals surface area (Å²) in [7, 11) is 1.81. The number of carbonyl (C=O) groups is 1. The summed E-state index contributed by atoms with van der Waals surface area (Å²) in [5, 5.41) is 11.6. The van der Waals surface area contributed by atoms with Gasteiger partial charge >= 0.3 is 5.97 Å². The second-order valence-corrected chi connectivity index (χ2v) is 2.61. The molecular weight excluding hydrogens is 166 g/mol. The van der Waals surface area contributed by atoms with Crippen molar-refractivity contribution in [2.45, 2.75) is 0 Å². The zero-order valence-corrected chi connectivity index (χ0v) is 7.37. The molecule has 0 aliphatic carbocycles. The third-order valence-corrected chi connectivity index (χ3v) is 1.78. The first kappa shape index (κ1) is 9.32. The highest BCUT2D eigenvalue weighted by Crippen LogP contribution is 2.15. The topological polar surface area (TPSA) is 49.3 Å². The molecule has 0 aliphatic rings. The standard InChI is InChI=1S/C10H11NO2/c1-7(10(12)13)8-3-5-9(11-2)6-4-8/h3-6,11H,1H2,2H3,(H,12,13). The smallest absolute Gasteiger partial charge is 0.335 e. The first-order chi connectivity index (χ1) is 6.15. The van der Waals surface area contributed by atoms with Crippen LogP contribution in [0.3, 0.4) is 0 Å². The van der Waals surface area contributed by atoms with Crippen LogP contribution in [0.15, 0.2) is 30.8 Å². The summed E-state index contributed by atoms with van der Waals surface area (Å²) in [6, 6.07) is 7.07. The minimum Gasteiger partial charge on any atom is -0.478 e. The van der Waals surface area contributed by atoms with Crippen molar-refractivity contribution in [3.63, 3.8) is 0 Å². The molecule has 13 heavy (non-hydrogen) atoms. The molecule has 0 atom stereocenters. The lowest BCUT2D eigenvalue weighted by Gasteiger charge is -2.02. The summed E-state index contributed by atoms with van der Waals surface area (Å²) < 4.78 is 0. The van der Waals surface area contributed by atoms with E-state index in [-0.39, 0.29) is 5.57 Å². The van der Waals surface area contributed by atoms with Crippen LogP contribution in [0.2, 0.25) is 0 Å². The van der Waals surface area contributed by atoms with E-state index in [0.717, 1.165) is 5.69 Å². The van der Waals surface area contributed by atoms with E-state index >= 15 is 0 Å². The molecule has 1 aromatic rings. The molecule has 0 radical (unpaired) electrons. The summed E-state index contributed by atoms with van der Waals surface area (Å²) in [5.74, 6) is -0.989. The average Bonchev–Trinajstić information content (AvgIpc) is 2.17. The van der Waals surface area contributed by atoms with Gasteiger partial charge in [-0.15, -0.1) is 0 Å². The van der Waals surface area contributed by atoms with Gasteiger partial charge in [0.2, 0.25) is 0 Å². The Hall–Kier alpha value is -1.77. The quantitative estimate of drug-likeness (QED) is 0.692. The first-order valence-corrected chi connectivity index (χ1v) is 3.85. The van der Waals surface area contributed by atoms with Crippen molar-refractivity contribution in [1.82, 2.24) is 0 Å². The number of hydrogen-bond acceptors (Lipinski definition) is 2. The van der Waals surface area contributed by atoms with Crippen LogP contribution >= 0.6 is 0 Å². The van der Waals surface area contributed by atoms with Gasteiger partial charge in [-0.2, -0.15) is 0 Å². The van der Waals surface area contributed by atoms with E-state index in [2.05, 4.69) is 11.9 Å². The average molecular weight is 177 g/mol. The third kappa shape index (κ3) is 2.08. The van der Waals surface area contributed by atoms with Crippen LogP contribution in [0.5, 0.6) is 0 Å². The predicted molar refractivity (Wildman–Crippen MR) is 52.7 cm³/mol. The Kier molecular flexibility index (Phi) is 2.69. The van der Waals surface area contributed by atoms with Crippen molar-refractivity contribution in [1.29, 1.82) is 0 Å². The zero-order valence-electron chi connectivity index (χ0n) is 7.37. The number of nitrogens with one attached hydrogen (secondary N) is 1. The molecule has 2 N–H and O–H groups in total. The Balaban J connectivity index is 2.92. The van der Waals surface area contributed by atoms with Crippen LogP contribution in [0.25, 0.3) is 5.57 Å². The fourth-order valence-corrected chi connectivity index (χ4v) is 0.962. The Labute approximate surface area is 76.7 Å². The molecule has 0 bridgehead atoms. The summed E-state index contributed by atoms with van der Waals surface area (Å²) >= 11 is 0. The predicted octanol–water partition coefficient (Wildman–Crippen LogP) is 1.83. The van der Waals surface area contributed by atoms with Crippen LogP contribution in [-0.4, -0.2) is 18.1 Å². The number of carboxylic acid groups (broad SMARTS) is 1. The number of anilines is 1. The third-order valence-electron chi connectivity index (χ3n) is 1.78. The highest BCUT2D eigenvalue weighted by molar-refractivity contribution is 6.14. The van der Waals surface area contributed by atoms with Gasteiger partial charge in [0.25, 0.3) is 0 Å². The molecule has 3 heteroatoms. The Morgan fingerprint density at radius 3 is 2.31 bits per heavy atom. The second kappa shape index (κ2) is 3.76. The summed E-state index contributed by atoms with van der Waals surface area (Å²) in [6.45, 7) is 3.46. The number of carboxylic acids is 1. The van der Waals surface area contributed by atoms with Gasteiger partial charge in [-0.25, -0.2) is 4.79 Å². The van der Waals surface area contributed by atoms with E-state index in [1.165, 1.54) is 0 Å². The fraction of sp³-hybridized carbons (Fsp3) is 0.100. The molecule has 68 valence electrons. The van der Waals surface area contributed by atoms with E-state index in [9.17, 15) is 4.79 Å².